The summed E-state index contributed by atoms with van der Waals surface area (Å²) in [7, 11) is 1.60. The summed E-state index contributed by atoms with van der Waals surface area (Å²) in [6.45, 7) is 5.69. The number of carbonyl (C=O) groups excluding carboxylic acids is 1. The van der Waals surface area contributed by atoms with Crippen LogP contribution in [0.3, 0.4) is 0 Å². The van der Waals surface area contributed by atoms with E-state index in [1.165, 1.54) is 0 Å². The van der Waals surface area contributed by atoms with Crippen molar-refractivity contribution in [3.8, 4) is 11.5 Å². The van der Waals surface area contributed by atoms with Gasteiger partial charge in [-0.3, -0.25) is 4.79 Å². The van der Waals surface area contributed by atoms with E-state index in [4.69, 9.17) is 9.47 Å². The molecule has 0 spiro atoms. The first-order valence-electron chi connectivity index (χ1n) is 5.84. The third-order valence-corrected chi connectivity index (χ3v) is 3.16. The van der Waals surface area contributed by atoms with Crippen LogP contribution in [0.15, 0.2) is 12.1 Å². The lowest BCUT2D eigenvalue weighted by atomic mass is 9.92. The van der Waals surface area contributed by atoms with E-state index >= 15 is 0 Å². The molecule has 3 nitrogen and oxygen atoms in total. The highest BCUT2D eigenvalue weighted by Crippen LogP contribution is 2.40. The molecule has 0 N–H and O–H groups in total. The fourth-order valence-electron chi connectivity index (χ4n) is 2.23. The van der Waals surface area contributed by atoms with E-state index in [-0.39, 0.29) is 11.4 Å². The van der Waals surface area contributed by atoms with Gasteiger partial charge in [0.1, 0.15) is 17.1 Å². The monoisotopic (exact) mass is 234 g/mol. The smallest absolute Gasteiger partial charge is 0.163 e. The highest BCUT2D eigenvalue weighted by Gasteiger charge is 2.29. The molecule has 0 saturated carbocycles. The molecule has 1 aromatic carbocycles. The van der Waals surface area contributed by atoms with E-state index in [0.717, 1.165) is 24.2 Å². The van der Waals surface area contributed by atoms with Crippen LogP contribution in [0, 0.1) is 0 Å². The lowest BCUT2D eigenvalue weighted by molar-refractivity contribution is 0.0834. The SMILES string of the molecule is COc1c(C(C)=O)ccc2c1CCC(C)(C)O2. The summed E-state index contributed by atoms with van der Waals surface area (Å²) in [5, 5.41) is 0. The summed E-state index contributed by atoms with van der Waals surface area (Å²) in [6.07, 6.45) is 1.81. The van der Waals surface area contributed by atoms with Crippen LogP contribution < -0.4 is 9.47 Å². The first kappa shape index (κ1) is 12.0. The van der Waals surface area contributed by atoms with Gasteiger partial charge in [-0.1, -0.05) is 0 Å². The minimum atomic E-state index is -0.143. The first-order chi connectivity index (χ1) is 7.94. The molecule has 1 aromatic rings. The van der Waals surface area contributed by atoms with Gasteiger partial charge in [0.2, 0.25) is 0 Å². The van der Waals surface area contributed by atoms with E-state index in [0.29, 0.717) is 11.3 Å². The predicted octanol–water partition coefficient (Wildman–Crippen LogP) is 3.00. The molecule has 17 heavy (non-hydrogen) atoms. The summed E-state index contributed by atoms with van der Waals surface area (Å²) in [6, 6.07) is 3.65. The van der Waals surface area contributed by atoms with E-state index in [1.807, 2.05) is 6.07 Å². The summed E-state index contributed by atoms with van der Waals surface area (Å²) in [5.74, 6) is 1.53. The fourth-order valence-corrected chi connectivity index (χ4v) is 2.23. The minimum absolute atomic E-state index is 0.0227. The number of hydrogen-bond donors (Lipinski definition) is 0. The van der Waals surface area contributed by atoms with Crippen LogP contribution in [0.5, 0.6) is 11.5 Å². The lowest BCUT2D eigenvalue weighted by Gasteiger charge is -2.33. The fraction of sp³-hybridized carbons (Fsp3) is 0.500. The van der Waals surface area contributed by atoms with Crippen molar-refractivity contribution in [2.45, 2.75) is 39.2 Å². The quantitative estimate of drug-likeness (QED) is 0.738. The van der Waals surface area contributed by atoms with E-state index in [1.54, 1.807) is 20.1 Å². The maximum Gasteiger partial charge on any atom is 0.163 e. The van der Waals surface area contributed by atoms with Crippen LogP contribution in [0.25, 0.3) is 0 Å². The van der Waals surface area contributed by atoms with Crippen LogP contribution in [0.1, 0.15) is 43.1 Å². The summed E-state index contributed by atoms with van der Waals surface area (Å²) in [5.41, 5.74) is 1.50. The maximum absolute atomic E-state index is 11.5. The zero-order valence-corrected chi connectivity index (χ0v) is 10.8. The van der Waals surface area contributed by atoms with Gasteiger partial charge in [-0.2, -0.15) is 0 Å². The Morgan fingerprint density at radius 1 is 1.41 bits per heavy atom. The van der Waals surface area contributed by atoms with Gasteiger partial charge in [-0.15, -0.1) is 0 Å². The molecule has 0 fully saturated rings. The second-order valence-electron chi connectivity index (χ2n) is 5.04. The number of rotatable bonds is 2. The van der Waals surface area contributed by atoms with E-state index < -0.39 is 0 Å². The zero-order valence-electron chi connectivity index (χ0n) is 10.8. The Morgan fingerprint density at radius 2 is 2.12 bits per heavy atom. The number of hydrogen-bond acceptors (Lipinski definition) is 3. The molecule has 0 unspecified atom stereocenters. The Hall–Kier alpha value is -1.51. The lowest BCUT2D eigenvalue weighted by Crippen LogP contribution is -2.32. The minimum Gasteiger partial charge on any atom is -0.496 e. The van der Waals surface area contributed by atoms with Crippen LogP contribution in [0.2, 0.25) is 0 Å². The van der Waals surface area contributed by atoms with Gasteiger partial charge in [-0.05, 0) is 45.7 Å². The molecule has 0 amide bonds. The molecule has 0 saturated heterocycles. The largest absolute Gasteiger partial charge is 0.496 e. The van der Waals surface area contributed by atoms with Gasteiger partial charge < -0.3 is 9.47 Å². The summed E-state index contributed by atoms with van der Waals surface area (Å²) >= 11 is 0. The van der Waals surface area contributed by atoms with Crippen molar-refractivity contribution in [3.63, 3.8) is 0 Å². The van der Waals surface area contributed by atoms with Crippen LogP contribution in [0.4, 0.5) is 0 Å². The number of carbonyl (C=O) groups is 1. The van der Waals surface area contributed by atoms with Gasteiger partial charge in [0.05, 0.1) is 12.7 Å². The van der Waals surface area contributed by atoms with Crippen LogP contribution >= 0.6 is 0 Å². The molecule has 0 aliphatic carbocycles. The molecular weight excluding hydrogens is 216 g/mol. The molecule has 1 heterocycles. The Kier molecular flexibility index (Phi) is 2.86. The van der Waals surface area contributed by atoms with Crippen molar-refractivity contribution in [2.24, 2.45) is 0 Å². The second-order valence-corrected chi connectivity index (χ2v) is 5.04. The molecular formula is C14H18O3. The third kappa shape index (κ3) is 2.14. The molecule has 0 bridgehead atoms. The van der Waals surface area contributed by atoms with Crippen molar-refractivity contribution in [2.75, 3.05) is 7.11 Å². The second kappa shape index (κ2) is 4.06. The van der Waals surface area contributed by atoms with Gasteiger partial charge in [-0.25, -0.2) is 0 Å². The van der Waals surface area contributed by atoms with E-state index in [9.17, 15) is 4.79 Å². The predicted molar refractivity (Wildman–Crippen MR) is 66.0 cm³/mol. The van der Waals surface area contributed by atoms with Gasteiger partial charge >= 0.3 is 0 Å². The third-order valence-electron chi connectivity index (χ3n) is 3.16. The molecule has 2 rings (SSSR count). The number of ketones is 1. The van der Waals surface area contributed by atoms with Gasteiger partial charge in [0, 0.05) is 5.56 Å². The van der Waals surface area contributed by atoms with Gasteiger partial charge in [0.15, 0.2) is 5.78 Å². The normalized spacial score (nSPS) is 16.9. The van der Waals surface area contributed by atoms with Crippen LogP contribution in [-0.4, -0.2) is 18.5 Å². The van der Waals surface area contributed by atoms with Crippen molar-refractivity contribution >= 4 is 5.78 Å². The standard InChI is InChI=1S/C14H18O3/c1-9(15)10-5-6-12-11(13(10)16-4)7-8-14(2,3)17-12/h5-6H,7-8H2,1-4H3. The molecule has 1 aliphatic rings. The summed E-state index contributed by atoms with van der Waals surface area (Å²) < 4.78 is 11.3. The van der Waals surface area contributed by atoms with Crippen molar-refractivity contribution in [1.82, 2.24) is 0 Å². The highest BCUT2D eigenvalue weighted by molar-refractivity contribution is 5.97. The Morgan fingerprint density at radius 3 is 2.71 bits per heavy atom. The van der Waals surface area contributed by atoms with E-state index in [2.05, 4.69) is 13.8 Å². The number of methoxy groups -OCH3 is 1. The first-order valence-corrected chi connectivity index (χ1v) is 5.84. The van der Waals surface area contributed by atoms with Crippen molar-refractivity contribution in [1.29, 1.82) is 0 Å². The average Bonchev–Trinajstić information content (AvgIpc) is 2.25. The molecule has 0 aromatic heterocycles. The molecule has 0 atom stereocenters. The maximum atomic E-state index is 11.5. The average molecular weight is 234 g/mol. The number of ether oxygens (including phenoxy) is 2. The molecule has 0 radical (unpaired) electrons. The molecule has 1 aliphatic heterocycles. The topological polar surface area (TPSA) is 35.5 Å². The number of fused-ring (bicyclic) bond motifs is 1. The number of benzene rings is 1. The number of Topliss-reactive ketones (excluding diaryl/α,β-unsaturated/α-hetero) is 1. The zero-order chi connectivity index (χ0) is 12.6. The van der Waals surface area contributed by atoms with Gasteiger partial charge in [0.25, 0.3) is 0 Å². The summed E-state index contributed by atoms with van der Waals surface area (Å²) in [4.78, 5) is 11.5. The Balaban J connectivity index is 2.52. The van der Waals surface area contributed by atoms with Crippen LogP contribution in [-0.2, 0) is 6.42 Å². The van der Waals surface area contributed by atoms with Crippen molar-refractivity contribution in [3.05, 3.63) is 23.3 Å². The highest BCUT2D eigenvalue weighted by atomic mass is 16.5. The molecule has 3 heteroatoms. The van der Waals surface area contributed by atoms with Crippen molar-refractivity contribution < 1.29 is 14.3 Å². The Bertz CT molecular complexity index is 461. The Labute approximate surface area is 102 Å². The molecule has 92 valence electrons.